The van der Waals surface area contributed by atoms with Crippen molar-refractivity contribution >= 4 is 50.7 Å². The number of carbonyl (C=O) groups excluding carboxylic acids is 2. The molecule has 202 valence electrons. The van der Waals surface area contributed by atoms with E-state index < -0.39 is 34.3 Å². The summed E-state index contributed by atoms with van der Waals surface area (Å²) in [7, 11) is -4.24. The van der Waals surface area contributed by atoms with E-state index in [-0.39, 0.29) is 39.5 Å². The van der Waals surface area contributed by atoms with E-state index >= 15 is 0 Å². The second kappa shape index (κ2) is 13.1. The van der Waals surface area contributed by atoms with Crippen molar-refractivity contribution in [2.45, 2.75) is 37.8 Å². The van der Waals surface area contributed by atoms with Gasteiger partial charge in [-0.1, -0.05) is 60.5 Å². The summed E-state index contributed by atoms with van der Waals surface area (Å²) in [5.74, 6) is -1.46. The van der Waals surface area contributed by atoms with Crippen molar-refractivity contribution in [1.82, 2.24) is 10.2 Å². The molecule has 0 heterocycles. The van der Waals surface area contributed by atoms with Gasteiger partial charge in [-0.05, 0) is 61.4 Å². The Morgan fingerprint density at radius 1 is 0.947 bits per heavy atom. The molecular formula is C27H28Cl2FN3O4S. The first kappa shape index (κ1) is 29.4. The quantitative estimate of drug-likeness (QED) is 0.335. The van der Waals surface area contributed by atoms with Crippen LogP contribution in [0.3, 0.4) is 0 Å². The number of benzene rings is 3. The Kier molecular flexibility index (Phi) is 10.1. The monoisotopic (exact) mass is 579 g/mol. The zero-order chi connectivity index (χ0) is 27.9. The second-order valence-corrected chi connectivity index (χ2v) is 11.2. The third-order valence-corrected chi connectivity index (χ3v) is 7.97. The van der Waals surface area contributed by atoms with Gasteiger partial charge in [-0.25, -0.2) is 12.8 Å². The summed E-state index contributed by atoms with van der Waals surface area (Å²) >= 11 is 12.3. The first-order chi connectivity index (χ1) is 18.1. The molecule has 0 aliphatic heterocycles. The highest BCUT2D eigenvalue weighted by Crippen LogP contribution is 2.30. The van der Waals surface area contributed by atoms with Crippen LogP contribution in [0.5, 0.6) is 0 Å². The summed E-state index contributed by atoms with van der Waals surface area (Å²) in [6.45, 7) is 3.19. The lowest BCUT2D eigenvalue weighted by atomic mass is 10.1. The van der Waals surface area contributed by atoms with E-state index in [4.69, 9.17) is 23.2 Å². The molecule has 0 aliphatic rings. The van der Waals surface area contributed by atoms with Gasteiger partial charge in [0.05, 0.1) is 10.6 Å². The molecule has 2 amide bonds. The molecule has 1 atom stereocenters. The van der Waals surface area contributed by atoms with Crippen molar-refractivity contribution in [2.24, 2.45) is 0 Å². The molecule has 38 heavy (non-hydrogen) atoms. The van der Waals surface area contributed by atoms with E-state index in [2.05, 4.69) is 5.32 Å². The topological polar surface area (TPSA) is 86.8 Å². The molecule has 0 aliphatic carbocycles. The zero-order valence-electron chi connectivity index (χ0n) is 20.9. The number of halogens is 3. The molecule has 0 saturated carbocycles. The highest BCUT2D eigenvalue weighted by molar-refractivity contribution is 7.92. The molecule has 11 heteroatoms. The second-order valence-electron chi connectivity index (χ2n) is 8.42. The number of hydrogen-bond acceptors (Lipinski definition) is 4. The van der Waals surface area contributed by atoms with E-state index in [1.807, 2.05) is 0 Å². The molecule has 0 aromatic heterocycles. The third-order valence-electron chi connectivity index (χ3n) is 5.75. The third kappa shape index (κ3) is 7.24. The Labute approximate surface area is 232 Å². The van der Waals surface area contributed by atoms with Gasteiger partial charge >= 0.3 is 0 Å². The lowest BCUT2D eigenvalue weighted by molar-refractivity contribution is -0.140. The number of rotatable bonds is 11. The van der Waals surface area contributed by atoms with E-state index in [0.29, 0.717) is 12.1 Å². The lowest BCUT2D eigenvalue weighted by Crippen LogP contribution is -2.52. The van der Waals surface area contributed by atoms with Gasteiger partial charge in [-0.15, -0.1) is 0 Å². The minimum atomic E-state index is -4.24. The predicted octanol–water partition coefficient (Wildman–Crippen LogP) is 5.27. The van der Waals surface area contributed by atoms with E-state index in [0.717, 1.165) is 4.31 Å². The van der Waals surface area contributed by atoms with Gasteiger partial charge in [-0.2, -0.15) is 0 Å². The summed E-state index contributed by atoms with van der Waals surface area (Å²) in [4.78, 5) is 28.0. The number of likely N-dealkylation sites (N-methyl/N-ethyl adjacent to an activating group) is 1. The predicted molar refractivity (Wildman–Crippen MR) is 147 cm³/mol. The maximum Gasteiger partial charge on any atom is 0.264 e. The molecular weight excluding hydrogens is 552 g/mol. The molecule has 0 unspecified atom stereocenters. The smallest absolute Gasteiger partial charge is 0.264 e. The Morgan fingerprint density at radius 3 is 2.11 bits per heavy atom. The number of carbonyl (C=O) groups is 2. The van der Waals surface area contributed by atoms with E-state index in [1.165, 1.54) is 59.5 Å². The first-order valence-corrected chi connectivity index (χ1v) is 14.1. The van der Waals surface area contributed by atoms with Crippen molar-refractivity contribution in [3.63, 3.8) is 0 Å². The molecule has 1 N–H and O–H groups in total. The molecule has 0 saturated heterocycles. The minimum Gasteiger partial charge on any atom is -0.355 e. The van der Waals surface area contributed by atoms with E-state index in [1.54, 1.807) is 32.0 Å². The molecule has 0 spiro atoms. The molecule has 0 radical (unpaired) electrons. The number of sulfonamides is 1. The van der Waals surface area contributed by atoms with Crippen LogP contribution in [0.1, 0.15) is 25.8 Å². The van der Waals surface area contributed by atoms with Gasteiger partial charge in [0.2, 0.25) is 11.8 Å². The van der Waals surface area contributed by atoms with Gasteiger partial charge in [0, 0.05) is 23.1 Å². The maximum absolute atomic E-state index is 13.9. The van der Waals surface area contributed by atoms with E-state index in [9.17, 15) is 22.4 Å². The van der Waals surface area contributed by atoms with Crippen LogP contribution < -0.4 is 9.62 Å². The summed E-state index contributed by atoms with van der Waals surface area (Å²) in [5, 5.41) is 3.09. The molecule has 7 nitrogen and oxygen atoms in total. The largest absolute Gasteiger partial charge is 0.355 e. The van der Waals surface area contributed by atoms with Crippen molar-refractivity contribution in [1.29, 1.82) is 0 Å². The zero-order valence-corrected chi connectivity index (χ0v) is 23.2. The minimum absolute atomic E-state index is 0.0373. The normalized spacial score (nSPS) is 12.0. The van der Waals surface area contributed by atoms with Crippen molar-refractivity contribution in [3.05, 3.63) is 94.2 Å². The number of nitrogens with zero attached hydrogens (tertiary/aromatic N) is 2. The van der Waals surface area contributed by atoms with Crippen LogP contribution in [0.25, 0.3) is 0 Å². The SMILES string of the molecule is CCNC(=O)[C@@H](CC)N(Cc1ccc(F)cc1)C(=O)CN(c1cc(Cl)cc(Cl)c1)S(=O)(=O)c1ccccc1. The average Bonchev–Trinajstić information content (AvgIpc) is 2.88. The van der Waals surface area contributed by atoms with Crippen LogP contribution in [0.15, 0.2) is 77.7 Å². The van der Waals surface area contributed by atoms with Gasteiger partial charge in [-0.3, -0.25) is 13.9 Å². The highest BCUT2D eigenvalue weighted by Gasteiger charge is 2.33. The van der Waals surface area contributed by atoms with Gasteiger partial charge in [0.1, 0.15) is 18.4 Å². The van der Waals surface area contributed by atoms with Crippen molar-refractivity contribution in [2.75, 3.05) is 17.4 Å². The van der Waals surface area contributed by atoms with Gasteiger partial charge in [0.25, 0.3) is 10.0 Å². The van der Waals surface area contributed by atoms with Crippen LogP contribution in [0.2, 0.25) is 10.0 Å². The fourth-order valence-electron chi connectivity index (χ4n) is 3.93. The Bertz CT molecular complexity index is 1350. The summed E-state index contributed by atoms with van der Waals surface area (Å²) in [6.07, 6.45) is 0.271. The van der Waals surface area contributed by atoms with Crippen LogP contribution in [0.4, 0.5) is 10.1 Å². The molecule has 3 aromatic carbocycles. The summed E-state index contributed by atoms with van der Waals surface area (Å²) < 4.78 is 41.9. The Hall–Kier alpha value is -3.14. The number of hydrogen-bond donors (Lipinski definition) is 1. The van der Waals surface area contributed by atoms with Crippen LogP contribution in [-0.2, 0) is 26.2 Å². The summed E-state index contributed by atoms with van der Waals surface area (Å²) in [5.41, 5.74) is 0.665. The van der Waals surface area contributed by atoms with Crippen LogP contribution >= 0.6 is 23.2 Å². The fourth-order valence-corrected chi connectivity index (χ4v) is 5.86. The summed E-state index contributed by atoms with van der Waals surface area (Å²) in [6, 6.07) is 16.5. The number of nitrogens with one attached hydrogen (secondary N) is 1. The average molecular weight is 581 g/mol. The molecule has 3 aromatic rings. The highest BCUT2D eigenvalue weighted by atomic mass is 35.5. The molecule has 0 fully saturated rings. The lowest BCUT2D eigenvalue weighted by Gasteiger charge is -2.33. The first-order valence-electron chi connectivity index (χ1n) is 11.9. The van der Waals surface area contributed by atoms with Crippen molar-refractivity contribution in [3.8, 4) is 0 Å². The van der Waals surface area contributed by atoms with Crippen molar-refractivity contribution < 1.29 is 22.4 Å². The van der Waals surface area contributed by atoms with Gasteiger partial charge in [0.15, 0.2) is 0 Å². The molecule has 0 bridgehead atoms. The Morgan fingerprint density at radius 2 is 1.55 bits per heavy atom. The maximum atomic E-state index is 13.9. The van der Waals surface area contributed by atoms with Gasteiger partial charge < -0.3 is 10.2 Å². The number of anilines is 1. The van der Waals surface area contributed by atoms with Crippen LogP contribution in [0, 0.1) is 5.82 Å². The Balaban J connectivity index is 2.07. The standard InChI is InChI=1S/C27H28Cl2FN3O4S/c1-3-25(27(35)31-4-2)32(17-19-10-12-22(30)13-11-19)26(34)18-33(23-15-20(28)14-21(29)16-23)38(36,37)24-8-6-5-7-9-24/h5-16,25H,3-4,17-18H2,1-2H3,(H,31,35)/t25-/m1/s1. The fraction of sp³-hybridized carbons (Fsp3) is 0.259. The van der Waals surface area contributed by atoms with Crippen LogP contribution in [-0.4, -0.2) is 44.3 Å². The number of amides is 2. The molecule has 3 rings (SSSR count).